The fraction of sp³-hybridized carbons (Fsp3) is 0. The number of nitrogens with one attached hydrogen (secondary N) is 3. The minimum atomic E-state index is 0.844. The van der Waals surface area contributed by atoms with Gasteiger partial charge in [0.2, 0.25) is 0 Å². The Morgan fingerprint density at radius 1 is 0.676 bits per heavy atom. The van der Waals surface area contributed by atoms with E-state index in [1.807, 2.05) is 24.5 Å². The van der Waals surface area contributed by atoms with Crippen molar-refractivity contribution in [3.8, 4) is 22.5 Å². The second kappa shape index (κ2) is 7.60. The van der Waals surface area contributed by atoms with Gasteiger partial charge in [-0.25, -0.2) is 9.97 Å². The molecular formula is C27H18N6S. The van der Waals surface area contributed by atoms with E-state index in [4.69, 9.17) is 9.97 Å². The monoisotopic (exact) mass is 458 g/mol. The molecule has 34 heavy (non-hydrogen) atoms. The van der Waals surface area contributed by atoms with E-state index < -0.39 is 0 Å². The van der Waals surface area contributed by atoms with Crippen molar-refractivity contribution < 1.29 is 0 Å². The molecule has 7 heteroatoms. The number of fused-ring (bicyclic) bond motifs is 3. The van der Waals surface area contributed by atoms with Crippen molar-refractivity contribution >= 4 is 38.7 Å². The van der Waals surface area contributed by atoms with Gasteiger partial charge < -0.3 is 15.3 Å². The summed E-state index contributed by atoms with van der Waals surface area (Å²) >= 11 is 1.72. The summed E-state index contributed by atoms with van der Waals surface area (Å²) in [4.78, 5) is 22.9. The number of allylic oxidation sites excluding steroid dienone is 4. The Morgan fingerprint density at radius 2 is 1.38 bits per heavy atom. The molecule has 3 aromatic heterocycles. The SMILES string of the molecule is C1=CC2=CC=C(c3nc4cc(-c5ccc6[nH]c(-c7ccncc7)nc6c5)ccc4[nH]3)SC2=CN1. The molecule has 0 fully saturated rings. The highest BCUT2D eigenvalue weighted by atomic mass is 32.2. The van der Waals surface area contributed by atoms with Gasteiger partial charge in [-0.05, 0) is 65.3 Å². The van der Waals surface area contributed by atoms with Crippen molar-refractivity contribution in [1.29, 1.82) is 0 Å². The van der Waals surface area contributed by atoms with Gasteiger partial charge in [0, 0.05) is 35.3 Å². The van der Waals surface area contributed by atoms with Crippen molar-refractivity contribution in [2.45, 2.75) is 0 Å². The number of dihydropyridines is 1. The summed E-state index contributed by atoms with van der Waals surface area (Å²) in [6.07, 6.45) is 13.9. The molecule has 0 amide bonds. The molecule has 5 heterocycles. The van der Waals surface area contributed by atoms with Crippen molar-refractivity contribution in [2.75, 3.05) is 0 Å². The van der Waals surface area contributed by atoms with Gasteiger partial charge in [0.15, 0.2) is 0 Å². The molecule has 0 radical (unpaired) electrons. The van der Waals surface area contributed by atoms with E-state index in [2.05, 4.69) is 74.9 Å². The molecule has 0 bridgehead atoms. The zero-order valence-electron chi connectivity index (χ0n) is 17.9. The predicted octanol–water partition coefficient (Wildman–Crippen LogP) is 6.14. The summed E-state index contributed by atoms with van der Waals surface area (Å²) in [5, 5.41) is 3.16. The maximum absolute atomic E-state index is 4.90. The van der Waals surface area contributed by atoms with Crippen molar-refractivity contribution in [3.63, 3.8) is 0 Å². The molecule has 6 nitrogen and oxygen atoms in total. The van der Waals surface area contributed by atoms with Gasteiger partial charge in [0.05, 0.1) is 27.0 Å². The molecule has 2 aromatic carbocycles. The molecule has 0 atom stereocenters. The van der Waals surface area contributed by atoms with Gasteiger partial charge in [-0.15, -0.1) is 0 Å². The van der Waals surface area contributed by atoms with Crippen LogP contribution in [0.5, 0.6) is 0 Å². The molecule has 0 saturated heterocycles. The minimum absolute atomic E-state index is 0.844. The summed E-state index contributed by atoms with van der Waals surface area (Å²) < 4.78 is 0. The Morgan fingerprint density at radius 3 is 2.15 bits per heavy atom. The highest BCUT2D eigenvalue weighted by Crippen LogP contribution is 2.41. The molecule has 2 aliphatic heterocycles. The number of aromatic nitrogens is 5. The Hall–Kier alpha value is -4.36. The number of pyridine rings is 1. The zero-order chi connectivity index (χ0) is 22.5. The number of thioether (sulfide) groups is 1. The standard InChI is InChI=1S/C27H18N6S/c1-4-20-22(32-26(30-20)17-8-10-28-11-9-17)13-18(1)19-2-5-21-23(14-19)33-27(31-21)24-6-3-16-7-12-29-15-25(16)34-24/h1-15,29H,(H,30,32)(H,31,33). The van der Waals surface area contributed by atoms with Gasteiger partial charge in [-0.3, -0.25) is 4.98 Å². The third kappa shape index (κ3) is 3.25. The van der Waals surface area contributed by atoms with Crippen LogP contribution in [0.25, 0.3) is 49.5 Å². The van der Waals surface area contributed by atoms with Crippen LogP contribution in [0.4, 0.5) is 0 Å². The first-order valence-corrected chi connectivity index (χ1v) is 11.8. The van der Waals surface area contributed by atoms with Crippen LogP contribution in [0.2, 0.25) is 0 Å². The smallest absolute Gasteiger partial charge is 0.145 e. The number of imidazole rings is 2. The molecule has 2 aliphatic rings. The van der Waals surface area contributed by atoms with Crippen LogP contribution >= 0.6 is 11.8 Å². The van der Waals surface area contributed by atoms with Crippen LogP contribution in [-0.4, -0.2) is 24.9 Å². The Labute approximate surface area is 199 Å². The van der Waals surface area contributed by atoms with Crippen LogP contribution in [0.3, 0.4) is 0 Å². The summed E-state index contributed by atoms with van der Waals surface area (Å²) in [6, 6.07) is 16.6. The highest BCUT2D eigenvalue weighted by molar-refractivity contribution is 8.12. The summed E-state index contributed by atoms with van der Waals surface area (Å²) in [5.74, 6) is 1.73. The van der Waals surface area contributed by atoms with E-state index in [9.17, 15) is 0 Å². The fourth-order valence-corrected chi connectivity index (χ4v) is 5.18. The molecular weight excluding hydrogens is 440 g/mol. The lowest BCUT2D eigenvalue weighted by molar-refractivity contribution is 1.16. The maximum atomic E-state index is 4.90. The van der Waals surface area contributed by atoms with Gasteiger partial charge >= 0.3 is 0 Å². The Balaban J connectivity index is 1.23. The van der Waals surface area contributed by atoms with E-state index in [1.54, 1.807) is 24.2 Å². The molecule has 0 spiro atoms. The molecule has 0 aliphatic carbocycles. The summed E-state index contributed by atoms with van der Waals surface area (Å²) in [7, 11) is 0. The van der Waals surface area contributed by atoms with Crippen LogP contribution in [0.15, 0.2) is 102 Å². The molecule has 162 valence electrons. The minimum Gasteiger partial charge on any atom is -0.367 e. The number of benzene rings is 2. The van der Waals surface area contributed by atoms with Gasteiger partial charge in [-0.2, -0.15) is 0 Å². The van der Waals surface area contributed by atoms with Crippen LogP contribution in [0, 0.1) is 0 Å². The van der Waals surface area contributed by atoms with Crippen LogP contribution in [0.1, 0.15) is 5.82 Å². The van der Waals surface area contributed by atoms with Gasteiger partial charge in [0.25, 0.3) is 0 Å². The quantitative estimate of drug-likeness (QED) is 0.302. The van der Waals surface area contributed by atoms with E-state index in [0.29, 0.717) is 0 Å². The zero-order valence-corrected chi connectivity index (χ0v) is 18.7. The number of hydrogen-bond donors (Lipinski definition) is 3. The first-order chi connectivity index (χ1) is 16.8. The molecule has 3 N–H and O–H groups in total. The normalized spacial score (nSPS) is 15.0. The Bertz CT molecular complexity index is 1700. The predicted molar refractivity (Wildman–Crippen MR) is 138 cm³/mol. The lowest BCUT2D eigenvalue weighted by atomic mass is 10.0. The van der Waals surface area contributed by atoms with Crippen LogP contribution in [-0.2, 0) is 0 Å². The van der Waals surface area contributed by atoms with Gasteiger partial charge in [0.1, 0.15) is 11.6 Å². The molecule has 5 aromatic rings. The number of H-pyrrole nitrogens is 2. The van der Waals surface area contributed by atoms with E-state index in [1.165, 1.54) is 10.5 Å². The molecule has 0 unspecified atom stereocenters. The second-order valence-electron chi connectivity index (χ2n) is 8.13. The number of aromatic amines is 2. The average Bonchev–Trinajstić information content (AvgIpc) is 3.52. The third-order valence-corrected chi connectivity index (χ3v) is 7.10. The van der Waals surface area contributed by atoms with E-state index >= 15 is 0 Å². The van der Waals surface area contributed by atoms with Gasteiger partial charge in [-0.1, -0.05) is 30.0 Å². The first-order valence-electron chi connectivity index (χ1n) is 10.9. The molecule has 7 rings (SSSR count). The number of nitrogens with zero attached hydrogens (tertiary/aromatic N) is 3. The third-order valence-electron chi connectivity index (χ3n) is 5.98. The number of rotatable bonds is 3. The van der Waals surface area contributed by atoms with Crippen molar-refractivity contribution in [2.24, 2.45) is 0 Å². The lowest BCUT2D eigenvalue weighted by Gasteiger charge is -2.16. The topological polar surface area (TPSA) is 82.3 Å². The fourth-order valence-electron chi connectivity index (χ4n) is 4.23. The average molecular weight is 459 g/mol. The second-order valence-corrected chi connectivity index (χ2v) is 9.22. The summed E-state index contributed by atoms with van der Waals surface area (Å²) in [6.45, 7) is 0. The lowest BCUT2D eigenvalue weighted by Crippen LogP contribution is -2.03. The van der Waals surface area contributed by atoms with Crippen molar-refractivity contribution in [3.05, 3.63) is 108 Å². The first kappa shape index (κ1) is 19.1. The molecule has 0 saturated carbocycles. The van der Waals surface area contributed by atoms with Crippen LogP contribution < -0.4 is 5.32 Å². The highest BCUT2D eigenvalue weighted by Gasteiger charge is 2.17. The maximum Gasteiger partial charge on any atom is 0.145 e. The Kier molecular flexibility index (Phi) is 4.28. The largest absolute Gasteiger partial charge is 0.367 e. The van der Waals surface area contributed by atoms with E-state index in [0.717, 1.165) is 55.3 Å². The van der Waals surface area contributed by atoms with Crippen molar-refractivity contribution in [1.82, 2.24) is 30.2 Å². The van der Waals surface area contributed by atoms with E-state index in [-0.39, 0.29) is 0 Å². The number of hydrogen-bond acceptors (Lipinski definition) is 5. The summed E-state index contributed by atoms with van der Waals surface area (Å²) in [5.41, 5.74) is 8.35.